The van der Waals surface area contributed by atoms with Gasteiger partial charge >= 0.3 is 0 Å². The lowest BCUT2D eigenvalue weighted by Crippen LogP contribution is -2.55. The first-order valence-electron chi connectivity index (χ1n) is 11.4. The first-order chi connectivity index (χ1) is 14.2. The van der Waals surface area contributed by atoms with E-state index in [4.69, 9.17) is 4.99 Å². The highest BCUT2D eigenvalue weighted by Crippen LogP contribution is 2.40. The van der Waals surface area contributed by atoms with Gasteiger partial charge in [0, 0.05) is 57.8 Å². The minimum Gasteiger partial charge on any atom is -0.353 e. The van der Waals surface area contributed by atoms with Crippen LogP contribution in [0.2, 0.25) is 0 Å². The second kappa shape index (κ2) is 9.61. The molecule has 6 heteroatoms. The second-order valence-electron chi connectivity index (χ2n) is 8.51. The highest BCUT2D eigenvalue weighted by molar-refractivity contribution is 5.81. The van der Waals surface area contributed by atoms with Gasteiger partial charge in [-0.2, -0.15) is 0 Å². The van der Waals surface area contributed by atoms with Gasteiger partial charge in [0.05, 0.1) is 6.54 Å². The molecular formula is C23H35N5O. The molecular weight excluding hydrogens is 362 g/mol. The maximum atomic E-state index is 12.5. The lowest BCUT2D eigenvalue weighted by molar-refractivity contribution is -0.133. The van der Waals surface area contributed by atoms with Gasteiger partial charge in [-0.05, 0) is 38.2 Å². The molecule has 3 aliphatic rings. The number of rotatable bonds is 5. The summed E-state index contributed by atoms with van der Waals surface area (Å²) in [5.41, 5.74) is 1.42. The molecule has 3 fully saturated rings. The molecule has 0 spiro atoms. The normalized spacial score (nSPS) is 25.8. The Morgan fingerprint density at radius 2 is 1.72 bits per heavy atom. The molecule has 0 radical (unpaired) electrons. The van der Waals surface area contributed by atoms with Crippen molar-refractivity contribution in [1.82, 2.24) is 20.0 Å². The third kappa shape index (κ3) is 5.30. The number of carbonyl (C=O) groups is 1. The highest BCUT2D eigenvalue weighted by Gasteiger charge is 2.39. The number of piperidine rings is 1. The number of hydrogen-bond acceptors (Lipinski definition) is 3. The SMILES string of the molecule is CCN=C(NC1CC1c1ccccc1)N1CCN(CC(=O)N2CCCCC2)CC1. The number of benzene rings is 1. The van der Waals surface area contributed by atoms with Crippen LogP contribution in [0.15, 0.2) is 35.3 Å². The number of carbonyl (C=O) groups excluding carboxylic acids is 1. The number of amides is 1. The average Bonchev–Trinajstić information content (AvgIpc) is 3.54. The Hall–Kier alpha value is -2.08. The van der Waals surface area contributed by atoms with Crippen LogP contribution in [0.4, 0.5) is 0 Å². The van der Waals surface area contributed by atoms with Crippen molar-refractivity contribution in [2.24, 2.45) is 4.99 Å². The van der Waals surface area contributed by atoms with Crippen molar-refractivity contribution >= 4 is 11.9 Å². The van der Waals surface area contributed by atoms with E-state index in [1.807, 2.05) is 0 Å². The second-order valence-corrected chi connectivity index (χ2v) is 8.51. The van der Waals surface area contributed by atoms with Crippen molar-refractivity contribution < 1.29 is 4.79 Å². The molecule has 1 amide bonds. The summed E-state index contributed by atoms with van der Waals surface area (Å²) < 4.78 is 0. The summed E-state index contributed by atoms with van der Waals surface area (Å²) in [6.45, 7) is 9.06. The van der Waals surface area contributed by atoms with Gasteiger partial charge in [-0.15, -0.1) is 0 Å². The fourth-order valence-corrected chi connectivity index (χ4v) is 4.53. The zero-order valence-corrected chi connectivity index (χ0v) is 17.7. The van der Waals surface area contributed by atoms with Crippen LogP contribution in [-0.2, 0) is 4.79 Å². The molecule has 1 N–H and O–H groups in total. The standard InChI is InChI=1S/C23H35N5O/c1-2-24-23(25-21-17-20(21)19-9-5-3-6-10-19)28-15-13-26(14-16-28)18-22(29)27-11-7-4-8-12-27/h3,5-6,9-10,20-21H,2,4,7-8,11-18H2,1H3,(H,24,25). The predicted octanol–water partition coefficient (Wildman–Crippen LogP) is 2.14. The van der Waals surface area contributed by atoms with E-state index >= 15 is 0 Å². The number of piperazine rings is 1. The van der Waals surface area contributed by atoms with Gasteiger partial charge in [0.15, 0.2) is 5.96 Å². The van der Waals surface area contributed by atoms with Crippen molar-refractivity contribution in [1.29, 1.82) is 0 Å². The number of nitrogens with one attached hydrogen (secondary N) is 1. The van der Waals surface area contributed by atoms with Crippen molar-refractivity contribution in [3.05, 3.63) is 35.9 Å². The van der Waals surface area contributed by atoms with Crippen LogP contribution in [0.3, 0.4) is 0 Å². The molecule has 2 heterocycles. The Labute approximate surface area is 175 Å². The van der Waals surface area contributed by atoms with E-state index in [1.54, 1.807) is 0 Å². The third-order valence-corrected chi connectivity index (χ3v) is 6.38. The van der Waals surface area contributed by atoms with E-state index in [0.29, 0.717) is 24.4 Å². The van der Waals surface area contributed by atoms with E-state index in [0.717, 1.165) is 64.6 Å². The van der Waals surface area contributed by atoms with Crippen LogP contribution < -0.4 is 5.32 Å². The molecule has 158 valence electrons. The van der Waals surface area contributed by atoms with Crippen molar-refractivity contribution in [2.45, 2.75) is 44.6 Å². The molecule has 1 aromatic carbocycles. The number of nitrogens with zero attached hydrogens (tertiary/aromatic N) is 4. The predicted molar refractivity (Wildman–Crippen MR) is 117 cm³/mol. The van der Waals surface area contributed by atoms with Gasteiger partial charge in [0.25, 0.3) is 0 Å². The minimum absolute atomic E-state index is 0.308. The van der Waals surface area contributed by atoms with Crippen LogP contribution in [0.5, 0.6) is 0 Å². The van der Waals surface area contributed by atoms with Crippen LogP contribution in [-0.4, -0.2) is 85.0 Å². The summed E-state index contributed by atoms with van der Waals surface area (Å²) in [7, 11) is 0. The molecule has 2 aliphatic heterocycles. The fraction of sp³-hybridized carbons (Fsp3) is 0.652. The third-order valence-electron chi connectivity index (χ3n) is 6.38. The van der Waals surface area contributed by atoms with Crippen molar-refractivity contribution in [3.8, 4) is 0 Å². The van der Waals surface area contributed by atoms with Gasteiger partial charge in [-0.25, -0.2) is 0 Å². The summed E-state index contributed by atoms with van der Waals surface area (Å²) in [5.74, 6) is 1.95. The molecule has 2 atom stereocenters. The zero-order valence-electron chi connectivity index (χ0n) is 17.7. The van der Waals surface area contributed by atoms with Crippen LogP contribution in [0.25, 0.3) is 0 Å². The van der Waals surface area contributed by atoms with Gasteiger partial charge in [0.2, 0.25) is 5.91 Å². The number of hydrogen-bond donors (Lipinski definition) is 1. The summed E-state index contributed by atoms with van der Waals surface area (Å²) >= 11 is 0. The molecule has 0 aromatic heterocycles. The summed E-state index contributed by atoms with van der Waals surface area (Å²) in [6, 6.07) is 11.3. The quantitative estimate of drug-likeness (QED) is 0.611. The lowest BCUT2D eigenvalue weighted by atomic mass is 10.1. The summed E-state index contributed by atoms with van der Waals surface area (Å²) in [6.07, 6.45) is 4.76. The summed E-state index contributed by atoms with van der Waals surface area (Å²) in [5, 5.41) is 3.70. The number of aliphatic imine (C=N–C) groups is 1. The molecule has 2 unspecified atom stereocenters. The molecule has 29 heavy (non-hydrogen) atoms. The maximum Gasteiger partial charge on any atom is 0.236 e. The molecule has 4 rings (SSSR count). The van der Waals surface area contributed by atoms with Crippen LogP contribution in [0, 0.1) is 0 Å². The van der Waals surface area contributed by atoms with E-state index in [2.05, 4.69) is 57.3 Å². The Bertz CT molecular complexity index is 692. The average molecular weight is 398 g/mol. The number of guanidine groups is 1. The first-order valence-corrected chi connectivity index (χ1v) is 11.4. The van der Waals surface area contributed by atoms with E-state index < -0.39 is 0 Å². The van der Waals surface area contributed by atoms with Gasteiger partial charge in [-0.3, -0.25) is 14.7 Å². The first kappa shape index (κ1) is 20.2. The molecule has 1 saturated carbocycles. The zero-order chi connectivity index (χ0) is 20.1. The molecule has 6 nitrogen and oxygen atoms in total. The van der Waals surface area contributed by atoms with Crippen LogP contribution >= 0.6 is 0 Å². The highest BCUT2D eigenvalue weighted by atomic mass is 16.2. The van der Waals surface area contributed by atoms with Crippen molar-refractivity contribution in [3.63, 3.8) is 0 Å². The molecule has 1 aromatic rings. The molecule has 0 bridgehead atoms. The minimum atomic E-state index is 0.308. The Balaban J connectivity index is 1.25. The fourth-order valence-electron chi connectivity index (χ4n) is 4.53. The Morgan fingerprint density at radius 3 is 2.41 bits per heavy atom. The van der Waals surface area contributed by atoms with E-state index in [-0.39, 0.29) is 0 Å². The smallest absolute Gasteiger partial charge is 0.236 e. The summed E-state index contributed by atoms with van der Waals surface area (Å²) in [4.78, 5) is 24.0. The van der Waals surface area contributed by atoms with Gasteiger partial charge < -0.3 is 15.1 Å². The number of likely N-dealkylation sites (tertiary alicyclic amines) is 1. The largest absolute Gasteiger partial charge is 0.353 e. The van der Waals surface area contributed by atoms with Crippen molar-refractivity contribution in [2.75, 3.05) is 52.4 Å². The topological polar surface area (TPSA) is 51.2 Å². The van der Waals surface area contributed by atoms with E-state index in [1.165, 1.54) is 18.4 Å². The van der Waals surface area contributed by atoms with E-state index in [9.17, 15) is 4.79 Å². The maximum absolute atomic E-state index is 12.5. The lowest BCUT2D eigenvalue weighted by Gasteiger charge is -2.37. The Kier molecular flexibility index (Phi) is 6.70. The molecule has 2 saturated heterocycles. The van der Waals surface area contributed by atoms with Gasteiger partial charge in [0.1, 0.15) is 0 Å². The monoisotopic (exact) mass is 397 g/mol. The molecule has 1 aliphatic carbocycles. The van der Waals surface area contributed by atoms with Gasteiger partial charge in [-0.1, -0.05) is 30.3 Å². The Morgan fingerprint density at radius 1 is 1.00 bits per heavy atom. The van der Waals surface area contributed by atoms with Crippen LogP contribution in [0.1, 0.15) is 44.1 Å².